The fourth-order valence-electron chi connectivity index (χ4n) is 21.1. The summed E-state index contributed by atoms with van der Waals surface area (Å²) in [5.74, 6) is 3.37. The first kappa shape index (κ1) is 127. The molecule has 26 nitrogen and oxygen atoms in total. The van der Waals surface area contributed by atoms with Crippen LogP contribution >= 0.6 is 11.6 Å². The van der Waals surface area contributed by atoms with Gasteiger partial charge in [-0.05, 0) is 281 Å². The average molecular weight is 2180 g/mol. The van der Waals surface area contributed by atoms with Crippen molar-refractivity contribution < 1.29 is 215 Å². The zero-order chi connectivity index (χ0) is 104. The Morgan fingerprint density at radius 3 is 1.17 bits per heavy atom. The van der Waals surface area contributed by atoms with Crippen molar-refractivity contribution in [3.8, 4) is 24.7 Å². The normalized spacial score (nSPS) is 18.5. The zero-order valence-corrected chi connectivity index (χ0v) is 101. The van der Waals surface area contributed by atoms with Crippen LogP contribution in [-0.2, 0) is 91.8 Å². The minimum absolute atomic E-state index is 0. The van der Waals surface area contributed by atoms with Crippen molar-refractivity contribution in [2.45, 2.75) is 230 Å². The van der Waals surface area contributed by atoms with E-state index in [1.165, 1.54) is 41.8 Å². The van der Waals surface area contributed by atoms with Crippen molar-refractivity contribution in [3.63, 3.8) is 0 Å². The molecule has 2 atom stereocenters. The fraction of sp³-hybridized carbons (Fsp3) is 0.436. The van der Waals surface area contributed by atoms with E-state index >= 15 is 0 Å². The second-order valence-electron chi connectivity index (χ2n) is 39.6. The summed E-state index contributed by atoms with van der Waals surface area (Å²) < 4.78 is 228. The molecule has 8 aromatic carbocycles. The van der Waals surface area contributed by atoms with E-state index in [0.29, 0.717) is 93.4 Å². The number of hydrogen-bond acceptors (Lipinski definition) is 24. The van der Waals surface area contributed by atoms with Gasteiger partial charge in [-0.2, -0.15) is 9.15 Å². The van der Waals surface area contributed by atoms with Gasteiger partial charge in [0.05, 0.1) is 73.3 Å². The molecule has 2 unspecified atom stereocenters. The van der Waals surface area contributed by atoms with Crippen LogP contribution in [0.4, 0.5) is 22.7 Å². The number of rotatable bonds is 40. The third kappa shape index (κ3) is 31.7. The first-order valence-electron chi connectivity index (χ1n) is 48.8. The number of anilines is 2. The van der Waals surface area contributed by atoms with Crippen LogP contribution < -0.4 is 139 Å². The molecule has 6 aliphatic rings. The van der Waals surface area contributed by atoms with Crippen LogP contribution in [0.15, 0.2) is 224 Å². The molecule has 37 heteroatoms. The summed E-state index contributed by atoms with van der Waals surface area (Å²) in [5, 5.41) is 14.4. The second-order valence-corrected chi connectivity index (χ2v) is 48.8. The maximum atomic E-state index is 12.0. The Hall–Kier alpha value is -5.63. The molecule has 768 valence electrons. The van der Waals surface area contributed by atoms with Crippen LogP contribution in [0.25, 0.3) is 43.1 Å². The van der Waals surface area contributed by atoms with E-state index in [0.717, 1.165) is 167 Å². The Bertz CT molecular complexity index is 7420. The van der Waals surface area contributed by atoms with Gasteiger partial charge in [0, 0.05) is 136 Å². The van der Waals surface area contributed by atoms with E-state index in [2.05, 4.69) is 209 Å². The molecule has 2 N–H and O–H groups in total. The topological polar surface area (TPSA) is 398 Å². The molecule has 0 saturated heterocycles. The molecule has 147 heavy (non-hydrogen) atoms. The van der Waals surface area contributed by atoms with E-state index in [4.69, 9.17) is 33.9 Å². The van der Waals surface area contributed by atoms with Gasteiger partial charge < -0.3 is 57.2 Å². The van der Waals surface area contributed by atoms with Crippen LogP contribution in [0.2, 0.25) is 0 Å². The monoisotopic (exact) mass is 2170 g/mol. The largest absolute Gasteiger partial charge is 1.00 e. The molecule has 0 spiro atoms. The zero-order valence-electron chi connectivity index (χ0n) is 87.8. The summed E-state index contributed by atoms with van der Waals surface area (Å²) in [4.78, 5) is 3.57. The first-order chi connectivity index (χ1) is 67.3. The fourth-order valence-corrected chi connectivity index (χ4v) is 24.7. The average Bonchev–Trinajstić information content (AvgIpc) is 1.59. The number of fused-ring (bicyclic) bond motifs is 12. The SMILES string of the molecule is C#CCOC1CC(/C=C/C2=[N+](CCCCS(=O)(=O)[O-])c3ccc4cc(C)ccc4c3C2(C)C)=C(CCCNCC)C(=C/C=C2/N(CCCCS(=O)(=O)[O-])c3ccc4cc(S(=O)(=O)[O-])ccc4c3C2(C)C)/C1.C#CCOC1CC(/C=C/C2=[N+](CCCCS(=O)(=O)[O-])c3ccc4cc(C)ccc4c3C2(C)C)=C(Cl)C(=C/C=C2/N(CCCCS(=O)(=O)[O-])c3ccc4cc(S(=O)(=O)[O-])ccc4c3C2(C)C)/C1.CCCNCC.[Na+].[Na+].[Na+].[Na+]. The van der Waals surface area contributed by atoms with Crippen LogP contribution in [0.5, 0.6) is 0 Å². The van der Waals surface area contributed by atoms with E-state index in [-0.39, 0.29) is 179 Å². The summed E-state index contributed by atoms with van der Waals surface area (Å²) in [7, 11) is -27.0. The second kappa shape index (κ2) is 53.7. The third-order valence-electron chi connectivity index (χ3n) is 27.7. The quantitative estimate of drug-likeness (QED) is 0.0134. The number of terminal acetylenes is 2. The van der Waals surface area contributed by atoms with Gasteiger partial charge in [0.1, 0.15) is 46.5 Å². The molecule has 0 radical (unpaired) electrons. The summed E-state index contributed by atoms with van der Waals surface area (Å²) in [5.41, 5.74) is 16.6. The van der Waals surface area contributed by atoms with Gasteiger partial charge >= 0.3 is 118 Å². The Kier molecular flexibility index (Phi) is 46.2. The molecule has 0 fully saturated rings. The van der Waals surface area contributed by atoms with Crippen molar-refractivity contribution in [1.29, 1.82) is 0 Å². The van der Waals surface area contributed by atoms with E-state index in [9.17, 15) is 77.8 Å². The van der Waals surface area contributed by atoms with Gasteiger partial charge in [-0.3, -0.25) is 0 Å². The first-order valence-corrected chi connectivity index (χ1v) is 58.3. The molecule has 4 heterocycles. The number of aryl methyl sites for hydroxylation is 2. The summed E-state index contributed by atoms with van der Waals surface area (Å²) in [6.45, 7) is 33.4. The number of unbranched alkanes of at least 4 members (excludes halogenated alkanes) is 4. The van der Waals surface area contributed by atoms with Gasteiger partial charge in [-0.15, -0.1) is 12.8 Å². The predicted molar refractivity (Wildman–Crippen MR) is 566 cm³/mol. The number of nitrogens with zero attached hydrogens (tertiary/aromatic N) is 4. The Morgan fingerprint density at radius 1 is 0.422 bits per heavy atom. The molecule has 0 aromatic heterocycles. The molecule has 0 saturated carbocycles. The van der Waals surface area contributed by atoms with Crippen molar-refractivity contribution in [2.75, 3.05) is 98.4 Å². The van der Waals surface area contributed by atoms with Crippen molar-refractivity contribution in [2.24, 2.45) is 0 Å². The Balaban J connectivity index is 0.000000332. The summed E-state index contributed by atoms with van der Waals surface area (Å²) in [6, 6.07) is 37.4. The van der Waals surface area contributed by atoms with Crippen LogP contribution in [-0.4, -0.2) is 199 Å². The van der Waals surface area contributed by atoms with E-state index < -0.39 is 105 Å². The van der Waals surface area contributed by atoms with E-state index in [1.54, 1.807) is 24.3 Å². The number of nitrogens with one attached hydrogen (secondary N) is 2. The number of allylic oxidation sites excluding steroid dienone is 12. The Morgan fingerprint density at radius 2 is 0.782 bits per heavy atom. The van der Waals surface area contributed by atoms with Gasteiger partial charge in [-0.1, -0.05) is 168 Å². The molecule has 14 rings (SSSR count). The van der Waals surface area contributed by atoms with Gasteiger partial charge in [0.25, 0.3) is 0 Å². The molecule has 8 aromatic rings. The van der Waals surface area contributed by atoms with Gasteiger partial charge in [0.15, 0.2) is 11.4 Å². The predicted octanol–water partition coefficient (Wildman–Crippen LogP) is 6.62. The number of ether oxygens (including phenoxy) is 2. The minimum Gasteiger partial charge on any atom is -0.748 e. The van der Waals surface area contributed by atoms with Crippen molar-refractivity contribution in [3.05, 3.63) is 248 Å². The number of halogens is 1. The molecule has 2 aliphatic carbocycles. The third-order valence-corrected chi connectivity index (χ3v) is 33.0. The standard InChI is InChI=1S/C55H67N3O10S3.C50H55ClN2O10S3.C5H13N.4Na/c1-8-31-68-43-35-40(19-26-50-54(4,5)52-46-22-16-38(3)34-39(46)17-24-48(52)57(50)29-10-12-32-69(59,60)61)45(15-14-28-56-9-2)41(36-43)20-27-51-55(6,7)53-47-23-21-44(71(65,66)67)37-42(47)18-25-49(53)58(51)30-11-13-33-70(62,63)64;1-7-26-63-38-30-36(15-22-44-49(3,4)46-40-18-12-33(2)29-34(40)13-20-42(46)52(44)24-8-10-27-64(54,55)56)48(51)37(31-38)16-23-45-50(5,6)47-41-19-17-39(66(60,61)62)32-35(41)14-21-43(47)53(45)25-9-11-28-65(57,58)59;1-3-5-6-4-2;;;;/h1,16-27,34,37,43,56H,9-15,28-33,35-36H2,2-7H3,(H2-,59,60,61,62,63,64,65,66,67);1,12-23,29,32,38H,8-11,24-28,30-31H2,2-6H3,(H2-,54,55,56,57,58,59,60,61,62);6H,3-5H2,1-2H3;;;;/q;;;4*+1/p-4. The molecule has 0 bridgehead atoms. The van der Waals surface area contributed by atoms with E-state index in [1.807, 2.05) is 44.2 Å². The molecule has 0 amide bonds. The van der Waals surface area contributed by atoms with Crippen LogP contribution in [0.3, 0.4) is 0 Å². The smallest absolute Gasteiger partial charge is 0.748 e. The number of benzene rings is 8. The summed E-state index contributed by atoms with van der Waals surface area (Å²) >= 11 is 7.38. The maximum Gasteiger partial charge on any atom is 1.00 e. The molecular formula is C110H131ClN6Na4O20S6. The summed E-state index contributed by atoms with van der Waals surface area (Å²) in [6.07, 6.45) is 35.0. The van der Waals surface area contributed by atoms with Crippen LogP contribution in [0, 0.1) is 38.5 Å². The van der Waals surface area contributed by atoms with Crippen molar-refractivity contribution in [1.82, 2.24) is 10.6 Å². The molecule has 4 aliphatic heterocycles. The van der Waals surface area contributed by atoms with Gasteiger partial charge in [0.2, 0.25) is 11.4 Å². The van der Waals surface area contributed by atoms with Gasteiger partial charge in [-0.25, -0.2) is 50.5 Å². The Labute approximate surface area is 964 Å². The number of hydrogen-bond donors (Lipinski definition) is 2. The molecular weight excluding hydrogens is 2050 g/mol. The maximum absolute atomic E-state index is 12.0. The minimum atomic E-state index is -4.71. The van der Waals surface area contributed by atoms with Crippen LogP contribution in [0.1, 0.15) is 206 Å². The van der Waals surface area contributed by atoms with Crippen molar-refractivity contribution >= 4 is 150 Å².